The minimum absolute atomic E-state index is 0.240. The molecule has 20 heavy (non-hydrogen) atoms. The summed E-state index contributed by atoms with van der Waals surface area (Å²) in [5.41, 5.74) is 6.39. The second-order valence-electron chi connectivity index (χ2n) is 4.56. The van der Waals surface area contributed by atoms with Crippen LogP contribution in [0.25, 0.3) is 11.3 Å². The molecule has 5 nitrogen and oxygen atoms in total. The number of hydrogen-bond acceptors (Lipinski definition) is 6. The van der Waals surface area contributed by atoms with Gasteiger partial charge in [-0.2, -0.15) is 11.8 Å². The molecule has 0 amide bonds. The molecule has 0 bridgehead atoms. The summed E-state index contributed by atoms with van der Waals surface area (Å²) in [5, 5.41) is 3.70. The van der Waals surface area contributed by atoms with Crippen molar-refractivity contribution in [2.45, 2.75) is 12.5 Å². The maximum Gasteiger partial charge on any atom is 0.172 e. The smallest absolute Gasteiger partial charge is 0.172 e. The van der Waals surface area contributed by atoms with E-state index in [4.69, 9.17) is 19.7 Å². The van der Waals surface area contributed by atoms with Crippen molar-refractivity contribution < 1.29 is 14.0 Å². The third-order valence-electron chi connectivity index (χ3n) is 3.16. The Hall–Kier alpha value is -1.82. The van der Waals surface area contributed by atoms with E-state index in [9.17, 15) is 0 Å². The minimum Gasteiger partial charge on any atom is -0.492 e. The third kappa shape index (κ3) is 2.56. The Bertz CT molecular complexity index is 594. The van der Waals surface area contributed by atoms with Crippen molar-refractivity contribution in [3.63, 3.8) is 0 Å². The minimum atomic E-state index is 0.240. The fraction of sp³-hybridized carbons (Fsp3) is 0.357. The highest BCUT2D eigenvalue weighted by Gasteiger charge is 2.21. The summed E-state index contributed by atoms with van der Waals surface area (Å²) in [4.78, 5) is 0. The highest BCUT2D eigenvalue weighted by atomic mass is 32.2. The van der Waals surface area contributed by atoms with E-state index >= 15 is 0 Å². The molecule has 1 aromatic carbocycles. The average Bonchev–Trinajstić information content (AvgIpc) is 3.10. The number of methoxy groups -OCH3 is 1. The summed E-state index contributed by atoms with van der Waals surface area (Å²) in [5.74, 6) is 4.47. The topological polar surface area (TPSA) is 70.5 Å². The molecule has 6 heteroatoms. The largest absolute Gasteiger partial charge is 0.492 e. The van der Waals surface area contributed by atoms with E-state index in [1.807, 2.05) is 30.0 Å². The van der Waals surface area contributed by atoms with Gasteiger partial charge in [-0.05, 0) is 24.3 Å². The van der Waals surface area contributed by atoms with Gasteiger partial charge in [-0.1, -0.05) is 11.2 Å². The molecule has 1 fully saturated rings. The lowest BCUT2D eigenvalue weighted by molar-refractivity contribution is 0.218. The second kappa shape index (κ2) is 5.66. The average molecular weight is 292 g/mol. The van der Waals surface area contributed by atoms with Crippen molar-refractivity contribution in [3.8, 4) is 22.8 Å². The summed E-state index contributed by atoms with van der Waals surface area (Å²) in [7, 11) is 1.62. The van der Waals surface area contributed by atoms with Crippen molar-refractivity contribution in [2.75, 3.05) is 24.3 Å². The summed E-state index contributed by atoms with van der Waals surface area (Å²) in [6.45, 7) is 0. The van der Waals surface area contributed by atoms with E-state index in [1.165, 1.54) is 0 Å². The molecule has 1 aromatic heterocycles. The van der Waals surface area contributed by atoms with Gasteiger partial charge in [-0.25, -0.2) is 0 Å². The van der Waals surface area contributed by atoms with Gasteiger partial charge in [0.15, 0.2) is 23.1 Å². The lowest BCUT2D eigenvalue weighted by Gasteiger charge is -2.16. The Balaban J connectivity index is 1.94. The Kier molecular flexibility index (Phi) is 3.73. The van der Waals surface area contributed by atoms with Crippen LogP contribution in [-0.4, -0.2) is 29.9 Å². The standard InChI is InChI=1S/C14H16N2O3S/c1-17-14-10(12-7-13(15)16-19-12)3-2-4-11(14)18-9-5-6-20-8-9/h2-4,7,9H,5-6,8H2,1H3,(H2,15,16). The van der Waals surface area contributed by atoms with Gasteiger partial charge in [-0.15, -0.1) is 0 Å². The first-order valence-electron chi connectivity index (χ1n) is 6.42. The molecule has 2 heterocycles. The van der Waals surface area contributed by atoms with Gasteiger partial charge in [0.25, 0.3) is 0 Å². The number of nitrogens with two attached hydrogens (primary N) is 1. The first-order chi connectivity index (χ1) is 9.78. The number of nitrogens with zero attached hydrogens (tertiary/aromatic N) is 1. The van der Waals surface area contributed by atoms with Crippen LogP contribution in [0.5, 0.6) is 11.5 Å². The Morgan fingerprint density at radius 1 is 1.45 bits per heavy atom. The number of ether oxygens (including phenoxy) is 2. The monoisotopic (exact) mass is 292 g/mol. The maximum absolute atomic E-state index is 6.03. The number of nitrogen functional groups attached to an aromatic ring is 1. The van der Waals surface area contributed by atoms with E-state index < -0.39 is 0 Å². The predicted molar refractivity (Wildman–Crippen MR) is 79.3 cm³/mol. The fourth-order valence-electron chi connectivity index (χ4n) is 2.21. The van der Waals surface area contributed by atoms with E-state index in [0.717, 1.165) is 29.2 Å². The normalized spacial score (nSPS) is 18.1. The van der Waals surface area contributed by atoms with Gasteiger partial charge in [0.2, 0.25) is 0 Å². The zero-order valence-electron chi connectivity index (χ0n) is 11.2. The van der Waals surface area contributed by atoms with Crippen molar-refractivity contribution in [1.82, 2.24) is 5.16 Å². The van der Waals surface area contributed by atoms with Crippen LogP contribution in [0.4, 0.5) is 5.82 Å². The summed E-state index contributed by atoms with van der Waals surface area (Å²) >= 11 is 1.91. The highest BCUT2D eigenvalue weighted by molar-refractivity contribution is 7.99. The number of thioether (sulfide) groups is 1. The van der Waals surface area contributed by atoms with E-state index in [0.29, 0.717) is 17.3 Å². The number of benzene rings is 1. The first-order valence-corrected chi connectivity index (χ1v) is 7.57. The van der Waals surface area contributed by atoms with Gasteiger partial charge in [0.1, 0.15) is 6.10 Å². The van der Waals surface area contributed by atoms with Gasteiger partial charge in [-0.3, -0.25) is 0 Å². The van der Waals surface area contributed by atoms with Crippen LogP contribution in [0.15, 0.2) is 28.8 Å². The van der Waals surface area contributed by atoms with E-state index in [1.54, 1.807) is 13.2 Å². The molecule has 2 N–H and O–H groups in total. The molecule has 106 valence electrons. The molecule has 1 atom stereocenters. The summed E-state index contributed by atoms with van der Waals surface area (Å²) in [6, 6.07) is 7.39. The van der Waals surface area contributed by atoms with Crippen LogP contribution in [0.2, 0.25) is 0 Å². The lowest BCUT2D eigenvalue weighted by atomic mass is 10.1. The Labute approximate surface area is 121 Å². The van der Waals surface area contributed by atoms with Gasteiger partial charge < -0.3 is 19.7 Å². The van der Waals surface area contributed by atoms with E-state index in [-0.39, 0.29) is 6.10 Å². The number of rotatable bonds is 4. The highest BCUT2D eigenvalue weighted by Crippen LogP contribution is 2.39. The van der Waals surface area contributed by atoms with Crippen LogP contribution >= 0.6 is 11.8 Å². The Morgan fingerprint density at radius 3 is 3.00 bits per heavy atom. The van der Waals surface area contributed by atoms with Crippen LogP contribution in [0.3, 0.4) is 0 Å². The Morgan fingerprint density at radius 2 is 2.35 bits per heavy atom. The number of para-hydroxylation sites is 1. The summed E-state index contributed by atoms with van der Waals surface area (Å²) < 4.78 is 16.7. The SMILES string of the molecule is COc1c(OC2CCSC2)cccc1-c1cc(N)no1. The summed E-state index contributed by atoms with van der Waals surface area (Å²) in [6.07, 6.45) is 1.30. The molecular weight excluding hydrogens is 276 g/mol. The number of anilines is 1. The molecule has 3 rings (SSSR count). The molecular formula is C14H16N2O3S. The van der Waals surface area contributed by atoms with E-state index in [2.05, 4.69) is 5.16 Å². The van der Waals surface area contributed by atoms with Crippen molar-refractivity contribution >= 4 is 17.6 Å². The third-order valence-corrected chi connectivity index (χ3v) is 4.29. The zero-order chi connectivity index (χ0) is 13.9. The van der Waals surface area contributed by atoms with Crippen molar-refractivity contribution in [2.24, 2.45) is 0 Å². The molecule has 2 aromatic rings. The van der Waals surface area contributed by atoms with Crippen LogP contribution in [-0.2, 0) is 0 Å². The molecule has 1 unspecified atom stereocenters. The number of aromatic nitrogens is 1. The zero-order valence-corrected chi connectivity index (χ0v) is 12.0. The van der Waals surface area contributed by atoms with Crippen molar-refractivity contribution in [3.05, 3.63) is 24.3 Å². The molecule has 1 aliphatic heterocycles. The van der Waals surface area contributed by atoms with Gasteiger partial charge in [0, 0.05) is 11.8 Å². The van der Waals surface area contributed by atoms with Crippen LogP contribution in [0.1, 0.15) is 6.42 Å². The molecule has 1 saturated heterocycles. The fourth-order valence-corrected chi connectivity index (χ4v) is 3.31. The second-order valence-corrected chi connectivity index (χ2v) is 5.71. The van der Waals surface area contributed by atoms with Crippen molar-refractivity contribution in [1.29, 1.82) is 0 Å². The maximum atomic E-state index is 6.03. The lowest BCUT2D eigenvalue weighted by Crippen LogP contribution is -2.15. The first kappa shape index (κ1) is 13.2. The molecule has 1 aliphatic rings. The van der Waals surface area contributed by atoms with Crippen LogP contribution in [0, 0.1) is 0 Å². The molecule has 0 saturated carbocycles. The predicted octanol–water partition coefficient (Wildman–Crippen LogP) is 2.82. The molecule has 0 spiro atoms. The quantitative estimate of drug-likeness (QED) is 0.934. The van der Waals surface area contributed by atoms with Gasteiger partial charge in [0.05, 0.1) is 12.7 Å². The molecule has 0 radical (unpaired) electrons. The molecule has 0 aliphatic carbocycles. The van der Waals surface area contributed by atoms with Gasteiger partial charge >= 0.3 is 0 Å². The number of hydrogen-bond donors (Lipinski definition) is 1. The van der Waals surface area contributed by atoms with Crippen LogP contribution < -0.4 is 15.2 Å².